The highest BCUT2D eigenvalue weighted by molar-refractivity contribution is 6.03. The maximum atomic E-state index is 12.6. The summed E-state index contributed by atoms with van der Waals surface area (Å²) in [6.07, 6.45) is -2.83. The lowest BCUT2D eigenvalue weighted by Gasteiger charge is -2.08. The number of benzene rings is 1. The summed E-state index contributed by atoms with van der Waals surface area (Å²) in [5.41, 5.74) is 0.0820. The lowest BCUT2D eigenvalue weighted by Crippen LogP contribution is -2.07. The van der Waals surface area contributed by atoms with E-state index in [2.05, 4.69) is 9.97 Å². The second kappa shape index (κ2) is 3.66. The van der Waals surface area contributed by atoms with Crippen LogP contribution in [0.3, 0.4) is 0 Å². The zero-order chi connectivity index (χ0) is 12.8. The first-order chi connectivity index (χ1) is 8.55. The van der Waals surface area contributed by atoms with Crippen LogP contribution in [0, 0.1) is 0 Å². The molecule has 0 aliphatic rings. The van der Waals surface area contributed by atoms with Gasteiger partial charge in [0, 0.05) is 17.0 Å². The molecule has 5 heteroatoms. The molecule has 0 atom stereocenters. The van der Waals surface area contributed by atoms with Crippen molar-refractivity contribution in [2.45, 2.75) is 6.18 Å². The Hall–Kier alpha value is -2.17. The first-order valence-electron chi connectivity index (χ1n) is 5.27. The molecule has 0 bridgehead atoms. The molecule has 0 saturated carbocycles. The molecule has 0 fully saturated rings. The highest BCUT2D eigenvalue weighted by atomic mass is 19.4. The van der Waals surface area contributed by atoms with Gasteiger partial charge in [-0.15, -0.1) is 0 Å². The Morgan fingerprint density at radius 2 is 1.72 bits per heavy atom. The van der Waals surface area contributed by atoms with Crippen LogP contribution in [0.15, 0.2) is 42.6 Å². The molecule has 0 saturated heterocycles. The van der Waals surface area contributed by atoms with Gasteiger partial charge in [0.2, 0.25) is 0 Å². The lowest BCUT2D eigenvalue weighted by atomic mass is 10.1. The molecule has 0 radical (unpaired) electrons. The van der Waals surface area contributed by atoms with Gasteiger partial charge in [-0.1, -0.05) is 12.1 Å². The Kier molecular flexibility index (Phi) is 2.23. The van der Waals surface area contributed by atoms with E-state index in [1.54, 1.807) is 30.5 Å². The highest BCUT2D eigenvalue weighted by Gasteiger charge is 2.32. The molecule has 2 nitrogen and oxygen atoms in total. The van der Waals surface area contributed by atoms with E-state index in [1.165, 1.54) is 6.07 Å². The Morgan fingerprint density at radius 1 is 0.944 bits per heavy atom. The van der Waals surface area contributed by atoms with Gasteiger partial charge in [-0.25, -0.2) is 4.98 Å². The smallest absolute Gasteiger partial charge is 0.256 e. The van der Waals surface area contributed by atoms with Crippen molar-refractivity contribution in [3.63, 3.8) is 0 Å². The van der Waals surface area contributed by atoms with Crippen LogP contribution in [0.25, 0.3) is 21.8 Å². The van der Waals surface area contributed by atoms with E-state index in [0.717, 1.165) is 6.07 Å². The van der Waals surface area contributed by atoms with Gasteiger partial charge in [0.05, 0.1) is 11.0 Å². The molecule has 3 rings (SSSR count). The third-order valence-corrected chi connectivity index (χ3v) is 2.73. The van der Waals surface area contributed by atoms with E-state index in [-0.39, 0.29) is 0 Å². The van der Waals surface area contributed by atoms with Crippen molar-refractivity contribution >= 4 is 21.8 Å². The number of hydrogen-bond acceptors (Lipinski definition) is 2. The van der Waals surface area contributed by atoms with E-state index < -0.39 is 11.9 Å². The predicted octanol–water partition coefficient (Wildman–Crippen LogP) is 3.80. The minimum Gasteiger partial charge on any atom is -0.256 e. The summed E-state index contributed by atoms with van der Waals surface area (Å²) in [6.45, 7) is 0. The SMILES string of the molecule is FC(F)(F)c1ccc2ccc3ncccc3c2n1. The van der Waals surface area contributed by atoms with E-state index >= 15 is 0 Å². The molecule has 0 aliphatic heterocycles. The standard InChI is InChI=1S/C13H7F3N2/c14-13(15,16)11-6-4-8-3-5-10-9(12(8)18-11)2-1-7-17-10/h1-7H. The number of alkyl halides is 3. The van der Waals surface area contributed by atoms with Crippen molar-refractivity contribution in [3.05, 3.63) is 48.3 Å². The first-order valence-corrected chi connectivity index (χ1v) is 5.27. The molecule has 1 aromatic carbocycles. The second-order valence-electron chi connectivity index (χ2n) is 3.90. The fourth-order valence-corrected chi connectivity index (χ4v) is 1.90. The molecule has 0 spiro atoms. The minimum absolute atomic E-state index is 0.329. The molecule has 18 heavy (non-hydrogen) atoms. The van der Waals surface area contributed by atoms with Crippen LogP contribution in [0.2, 0.25) is 0 Å². The third kappa shape index (κ3) is 1.68. The van der Waals surface area contributed by atoms with Gasteiger partial charge in [0.1, 0.15) is 5.69 Å². The van der Waals surface area contributed by atoms with Crippen LogP contribution in [0.4, 0.5) is 13.2 Å². The summed E-state index contributed by atoms with van der Waals surface area (Å²) in [4.78, 5) is 7.81. The molecule has 2 heterocycles. The minimum atomic E-state index is -4.43. The quantitative estimate of drug-likeness (QED) is 0.565. The number of halogens is 3. The summed E-state index contributed by atoms with van der Waals surface area (Å²) >= 11 is 0. The van der Waals surface area contributed by atoms with Gasteiger partial charge in [-0.05, 0) is 24.3 Å². The van der Waals surface area contributed by atoms with Crippen LogP contribution in [0.5, 0.6) is 0 Å². The summed E-state index contributed by atoms with van der Waals surface area (Å²) in [6, 6.07) is 9.31. The first kappa shape index (κ1) is 11.0. The number of aromatic nitrogens is 2. The number of fused-ring (bicyclic) bond motifs is 3. The molecule has 0 aliphatic carbocycles. The zero-order valence-corrected chi connectivity index (χ0v) is 9.07. The second-order valence-corrected chi connectivity index (χ2v) is 3.90. The van der Waals surface area contributed by atoms with Gasteiger partial charge >= 0.3 is 6.18 Å². The molecule has 90 valence electrons. The van der Waals surface area contributed by atoms with Crippen molar-refractivity contribution in [1.82, 2.24) is 9.97 Å². The van der Waals surface area contributed by atoms with Crippen LogP contribution in [0.1, 0.15) is 5.69 Å². The van der Waals surface area contributed by atoms with E-state index in [4.69, 9.17) is 0 Å². The largest absolute Gasteiger partial charge is 0.433 e. The lowest BCUT2D eigenvalue weighted by molar-refractivity contribution is -0.140. The molecule has 3 aromatic rings. The van der Waals surface area contributed by atoms with Crippen molar-refractivity contribution in [3.8, 4) is 0 Å². The number of nitrogens with zero attached hydrogens (tertiary/aromatic N) is 2. The van der Waals surface area contributed by atoms with Crippen molar-refractivity contribution in [2.24, 2.45) is 0 Å². The van der Waals surface area contributed by atoms with E-state index in [1.807, 2.05) is 0 Å². The van der Waals surface area contributed by atoms with Crippen LogP contribution in [-0.4, -0.2) is 9.97 Å². The molecule has 0 amide bonds. The molecular formula is C13H7F3N2. The van der Waals surface area contributed by atoms with Crippen LogP contribution in [-0.2, 0) is 6.18 Å². The Bertz CT molecular complexity index is 735. The average molecular weight is 248 g/mol. The van der Waals surface area contributed by atoms with Crippen molar-refractivity contribution in [2.75, 3.05) is 0 Å². The molecule has 0 unspecified atom stereocenters. The summed E-state index contributed by atoms with van der Waals surface area (Å²) in [5, 5.41) is 1.30. The van der Waals surface area contributed by atoms with Crippen LogP contribution >= 0.6 is 0 Å². The normalized spacial score (nSPS) is 12.2. The van der Waals surface area contributed by atoms with Gasteiger partial charge in [-0.2, -0.15) is 13.2 Å². The van der Waals surface area contributed by atoms with Gasteiger partial charge in [0.25, 0.3) is 0 Å². The van der Waals surface area contributed by atoms with Crippen molar-refractivity contribution < 1.29 is 13.2 Å². The highest BCUT2D eigenvalue weighted by Crippen LogP contribution is 2.30. The Morgan fingerprint density at radius 3 is 2.50 bits per heavy atom. The fraction of sp³-hybridized carbons (Fsp3) is 0.0769. The Labute approximate surface area is 100 Å². The summed E-state index contributed by atoms with van der Waals surface area (Å²) < 4.78 is 37.9. The number of rotatable bonds is 0. The van der Waals surface area contributed by atoms with E-state index in [9.17, 15) is 13.2 Å². The monoisotopic (exact) mass is 248 g/mol. The molecular weight excluding hydrogens is 241 g/mol. The van der Waals surface area contributed by atoms with Crippen LogP contribution < -0.4 is 0 Å². The number of hydrogen-bond donors (Lipinski definition) is 0. The Balaban J connectivity index is 2.40. The topological polar surface area (TPSA) is 25.8 Å². The van der Waals surface area contributed by atoms with Gasteiger partial charge in [-0.3, -0.25) is 4.98 Å². The summed E-state index contributed by atoms with van der Waals surface area (Å²) in [7, 11) is 0. The average Bonchev–Trinajstić information content (AvgIpc) is 2.37. The predicted molar refractivity (Wildman–Crippen MR) is 62.0 cm³/mol. The number of pyridine rings is 2. The van der Waals surface area contributed by atoms with Gasteiger partial charge < -0.3 is 0 Å². The fourth-order valence-electron chi connectivity index (χ4n) is 1.90. The maximum absolute atomic E-state index is 12.6. The third-order valence-electron chi connectivity index (χ3n) is 2.73. The van der Waals surface area contributed by atoms with Gasteiger partial charge in [0.15, 0.2) is 0 Å². The maximum Gasteiger partial charge on any atom is 0.433 e. The van der Waals surface area contributed by atoms with E-state index in [0.29, 0.717) is 21.8 Å². The molecule has 2 aromatic heterocycles. The zero-order valence-electron chi connectivity index (χ0n) is 9.07. The molecule has 0 N–H and O–H groups in total. The van der Waals surface area contributed by atoms with Crippen molar-refractivity contribution in [1.29, 1.82) is 0 Å². The summed E-state index contributed by atoms with van der Waals surface area (Å²) in [5.74, 6) is 0.